The monoisotopic (exact) mass is 393 g/mol. The van der Waals surface area contributed by atoms with Crippen molar-refractivity contribution in [2.75, 3.05) is 19.7 Å². The third kappa shape index (κ3) is 4.94. The van der Waals surface area contributed by atoms with Crippen LogP contribution in [0.3, 0.4) is 0 Å². The molecule has 0 bridgehead atoms. The Morgan fingerprint density at radius 3 is 2.76 bits per heavy atom. The summed E-state index contributed by atoms with van der Waals surface area (Å²) < 4.78 is 6.04. The minimum absolute atomic E-state index is 0.0198. The summed E-state index contributed by atoms with van der Waals surface area (Å²) in [6.45, 7) is 3.81. The Morgan fingerprint density at radius 2 is 2.00 bits per heavy atom. The first-order valence-electron chi connectivity index (χ1n) is 10.3. The number of carbonyl (C=O) groups excluding carboxylic acids is 2. The number of nitrogens with one attached hydrogen (secondary N) is 1. The zero-order valence-electron chi connectivity index (χ0n) is 16.8. The van der Waals surface area contributed by atoms with Gasteiger partial charge in [0.2, 0.25) is 0 Å². The lowest BCUT2D eigenvalue weighted by atomic mass is 9.98. The van der Waals surface area contributed by atoms with Crippen LogP contribution < -0.4 is 10.1 Å². The third-order valence-electron chi connectivity index (χ3n) is 5.48. The molecule has 1 saturated heterocycles. The fourth-order valence-electron chi connectivity index (χ4n) is 3.64. The van der Waals surface area contributed by atoms with Gasteiger partial charge in [-0.1, -0.05) is 12.1 Å². The number of piperidine rings is 1. The van der Waals surface area contributed by atoms with Crippen LogP contribution in [0, 0.1) is 12.8 Å². The number of nitrogens with zero attached hydrogens (tertiary/aromatic N) is 2. The normalized spacial score (nSPS) is 18.9. The van der Waals surface area contributed by atoms with E-state index < -0.39 is 0 Å². The number of carbonyl (C=O) groups is 2. The number of hydrogen-bond acceptors (Lipinski definition) is 4. The summed E-state index contributed by atoms with van der Waals surface area (Å²) in [5.74, 6) is 0.796. The van der Waals surface area contributed by atoms with Gasteiger partial charge in [-0.25, -0.2) is 0 Å². The highest BCUT2D eigenvalue weighted by molar-refractivity contribution is 5.97. The fourth-order valence-corrected chi connectivity index (χ4v) is 3.64. The number of rotatable bonds is 6. The molecule has 1 aliphatic carbocycles. The molecule has 2 amide bonds. The second kappa shape index (κ2) is 8.64. The Labute approximate surface area is 171 Å². The molecular formula is C23H27N3O3. The van der Waals surface area contributed by atoms with Crippen molar-refractivity contribution in [2.24, 2.45) is 5.92 Å². The van der Waals surface area contributed by atoms with Gasteiger partial charge >= 0.3 is 0 Å². The van der Waals surface area contributed by atoms with Crippen molar-refractivity contribution in [2.45, 2.75) is 38.6 Å². The number of amides is 2. The van der Waals surface area contributed by atoms with E-state index in [1.165, 1.54) is 0 Å². The quantitative estimate of drug-likeness (QED) is 0.818. The minimum atomic E-state index is -0.0737. The first-order chi connectivity index (χ1) is 14.1. The van der Waals surface area contributed by atoms with Crippen LogP contribution in [-0.2, 0) is 0 Å². The summed E-state index contributed by atoms with van der Waals surface area (Å²) in [5, 5.41) is 3.01. The van der Waals surface area contributed by atoms with Crippen molar-refractivity contribution in [3.05, 3.63) is 59.4 Å². The maximum Gasteiger partial charge on any atom is 0.255 e. The fraction of sp³-hybridized carbons (Fsp3) is 0.435. The number of pyridine rings is 1. The number of benzene rings is 1. The molecule has 2 aliphatic rings. The van der Waals surface area contributed by atoms with Crippen LogP contribution in [0.2, 0.25) is 0 Å². The van der Waals surface area contributed by atoms with Gasteiger partial charge in [-0.05, 0) is 56.9 Å². The highest BCUT2D eigenvalue weighted by Gasteiger charge is 2.27. The first kappa shape index (κ1) is 19.4. The molecular weight excluding hydrogens is 366 g/mol. The van der Waals surface area contributed by atoms with E-state index >= 15 is 0 Å². The summed E-state index contributed by atoms with van der Waals surface area (Å²) in [4.78, 5) is 31.3. The molecule has 0 radical (unpaired) electrons. The lowest BCUT2D eigenvalue weighted by molar-refractivity contribution is 0.0632. The zero-order chi connectivity index (χ0) is 20.2. The maximum absolute atomic E-state index is 12.8. The van der Waals surface area contributed by atoms with Crippen molar-refractivity contribution in [3.63, 3.8) is 0 Å². The van der Waals surface area contributed by atoms with Gasteiger partial charge in [0, 0.05) is 36.9 Å². The summed E-state index contributed by atoms with van der Waals surface area (Å²) in [6, 6.07) is 11.4. The van der Waals surface area contributed by atoms with Gasteiger partial charge in [0.1, 0.15) is 5.75 Å². The van der Waals surface area contributed by atoms with Gasteiger partial charge in [0.25, 0.3) is 11.8 Å². The second-order valence-electron chi connectivity index (χ2n) is 8.00. The molecule has 1 atom stereocenters. The van der Waals surface area contributed by atoms with E-state index in [-0.39, 0.29) is 17.7 Å². The number of hydrogen-bond donors (Lipinski definition) is 1. The summed E-state index contributed by atoms with van der Waals surface area (Å²) in [5.41, 5.74) is 2.10. The summed E-state index contributed by atoms with van der Waals surface area (Å²) in [7, 11) is 0. The van der Waals surface area contributed by atoms with E-state index in [0.717, 1.165) is 37.9 Å². The van der Waals surface area contributed by atoms with Gasteiger partial charge in [0.15, 0.2) is 0 Å². The Balaban J connectivity index is 1.36. The van der Waals surface area contributed by atoms with Gasteiger partial charge < -0.3 is 15.0 Å². The van der Waals surface area contributed by atoms with Crippen LogP contribution in [0.15, 0.2) is 42.6 Å². The summed E-state index contributed by atoms with van der Waals surface area (Å²) in [6.07, 6.45) is 5.70. The number of likely N-dealkylation sites (tertiary alicyclic amines) is 1. The van der Waals surface area contributed by atoms with Crippen molar-refractivity contribution in [1.29, 1.82) is 0 Å². The van der Waals surface area contributed by atoms with E-state index in [2.05, 4.69) is 10.3 Å². The molecule has 1 unspecified atom stereocenters. The molecule has 1 N–H and O–H groups in total. The Kier molecular flexibility index (Phi) is 5.79. The molecule has 1 saturated carbocycles. The minimum Gasteiger partial charge on any atom is -0.492 e. The second-order valence-corrected chi connectivity index (χ2v) is 8.00. The van der Waals surface area contributed by atoms with E-state index in [0.29, 0.717) is 36.1 Å². The zero-order valence-corrected chi connectivity index (χ0v) is 16.8. The predicted octanol–water partition coefficient (Wildman–Crippen LogP) is 3.21. The largest absolute Gasteiger partial charge is 0.492 e. The number of ether oxygens (including phenoxy) is 1. The molecule has 1 aromatic heterocycles. The molecule has 2 fully saturated rings. The van der Waals surface area contributed by atoms with Crippen molar-refractivity contribution >= 4 is 11.8 Å². The van der Waals surface area contributed by atoms with Gasteiger partial charge in [-0.2, -0.15) is 0 Å². The van der Waals surface area contributed by atoms with Crippen LogP contribution in [0.25, 0.3) is 0 Å². The lowest BCUT2D eigenvalue weighted by Crippen LogP contribution is -2.41. The van der Waals surface area contributed by atoms with Gasteiger partial charge in [0.05, 0.1) is 17.7 Å². The Morgan fingerprint density at radius 1 is 1.17 bits per heavy atom. The third-order valence-corrected chi connectivity index (χ3v) is 5.48. The molecule has 1 aromatic carbocycles. The van der Waals surface area contributed by atoms with Crippen molar-refractivity contribution in [3.8, 4) is 5.75 Å². The number of para-hydroxylation sites is 1. The first-order valence-corrected chi connectivity index (χ1v) is 10.3. The van der Waals surface area contributed by atoms with Crippen molar-refractivity contribution < 1.29 is 14.3 Å². The topological polar surface area (TPSA) is 71.5 Å². The molecule has 2 heterocycles. The maximum atomic E-state index is 12.8. The van der Waals surface area contributed by atoms with E-state index in [4.69, 9.17) is 4.74 Å². The molecule has 6 heteroatoms. The molecule has 0 spiro atoms. The highest BCUT2D eigenvalue weighted by atomic mass is 16.5. The van der Waals surface area contributed by atoms with E-state index in [9.17, 15) is 9.59 Å². The summed E-state index contributed by atoms with van der Waals surface area (Å²) >= 11 is 0. The predicted molar refractivity (Wildman–Crippen MR) is 110 cm³/mol. The molecule has 4 rings (SSSR count). The molecule has 1 aliphatic heterocycles. The SMILES string of the molecule is Cc1ccc(C(=O)N2CCCC(COc3ccccc3C(=O)NC3CC3)C2)cn1. The molecule has 29 heavy (non-hydrogen) atoms. The van der Waals surface area contributed by atoms with Crippen LogP contribution in [0.1, 0.15) is 52.1 Å². The van der Waals surface area contributed by atoms with Crippen LogP contribution in [-0.4, -0.2) is 47.4 Å². The average molecular weight is 393 g/mol. The lowest BCUT2D eigenvalue weighted by Gasteiger charge is -2.32. The van der Waals surface area contributed by atoms with Crippen molar-refractivity contribution in [1.82, 2.24) is 15.2 Å². The number of aryl methyl sites for hydroxylation is 1. The number of aromatic nitrogens is 1. The van der Waals surface area contributed by atoms with Crippen LogP contribution in [0.4, 0.5) is 0 Å². The highest BCUT2D eigenvalue weighted by Crippen LogP contribution is 2.25. The smallest absolute Gasteiger partial charge is 0.255 e. The molecule has 6 nitrogen and oxygen atoms in total. The Hall–Kier alpha value is -2.89. The van der Waals surface area contributed by atoms with Gasteiger partial charge in [-0.3, -0.25) is 14.6 Å². The average Bonchev–Trinajstić information content (AvgIpc) is 3.56. The Bertz CT molecular complexity index is 877. The van der Waals surface area contributed by atoms with E-state index in [1.54, 1.807) is 12.3 Å². The van der Waals surface area contributed by atoms with Crippen LogP contribution in [0.5, 0.6) is 5.75 Å². The van der Waals surface area contributed by atoms with Gasteiger partial charge in [-0.15, -0.1) is 0 Å². The van der Waals surface area contributed by atoms with Crippen LogP contribution >= 0.6 is 0 Å². The molecule has 2 aromatic rings. The molecule has 152 valence electrons. The van der Waals surface area contributed by atoms with E-state index in [1.807, 2.05) is 42.2 Å². The standard InChI is InChI=1S/C23H27N3O3/c1-16-8-9-18(13-24-16)23(28)26-12-4-5-17(14-26)15-29-21-7-3-2-6-20(21)22(27)25-19-10-11-19/h2-3,6-9,13,17,19H,4-5,10-12,14-15H2,1H3,(H,25,27).